The maximum absolute atomic E-state index is 6.05. The van der Waals surface area contributed by atoms with Crippen LogP contribution in [-0.4, -0.2) is 36.0 Å². The lowest BCUT2D eigenvalue weighted by Gasteiger charge is -2.49. The molecule has 1 N–H and O–H groups in total. The number of benzene rings is 1. The summed E-state index contributed by atoms with van der Waals surface area (Å²) in [6, 6.07) is 6.12. The number of hydroxylamine groups is 1. The number of rotatable bonds is 1. The van der Waals surface area contributed by atoms with E-state index >= 15 is 0 Å². The Balaban J connectivity index is 1.42. The minimum Gasteiger partial charge on any atom is -0.464 e. The average Bonchev–Trinajstić information content (AvgIpc) is 3.13. The highest BCUT2D eigenvalue weighted by molar-refractivity contribution is 5.89. The first-order valence-electron chi connectivity index (χ1n) is 8.44. The van der Waals surface area contributed by atoms with E-state index in [1.54, 1.807) is 6.26 Å². The van der Waals surface area contributed by atoms with Gasteiger partial charge in [-0.1, -0.05) is 0 Å². The van der Waals surface area contributed by atoms with Gasteiger partial charge in [0.15, 0.2) is 0 Å². The van der Waals surface area contributed by atoms with Crippen LogP contribution in [0.5, 0.6) is 0 Å². The number of fused-ring (bicyclic) bond motifs is 3. The van der Waals surface area contributed by atoms with E-state index in [2.05, 4.69) is 23.4 Å². The predicted molar refractivity (Wildman–Crippen MR) is 88.8 cm³/mol. The molecular weight excluding hydrogens is 290 g/mol. The van der Waals surface area contributed by atoms with Crippen LogP contribution in [0.2, 0.25) is 0 Å². The van der Waals surface area contributed by atoms with Gasteiger partial charge in [-0.05, 0) is 56.5 Å². The summed E-state index contributed by atoms with van der Waals surface area (Å²) in [5.74, 6) is 1.59. The van der Waals surface area contributed by atoms with Crippen LogP contribution in [0.3, 0.4) is 0 Å². The van der Waals surface area contributed by atoms with E-state index in [9.17, 15) is 0 Å². The van der Waals surface area contributed by atoms with Gasteiger partial charge in [-0.2, -0.15) is 0 Å². The Bertz CT molecular complexity index is 789. The van der Waals surface area contributed by atoms with Crippen molar-refractivity contribution in [3.8, 4) is 0 Å². The van der Waals surface area contributed by atoms with Gasteiger partial charge in [-0.3, -0.25) is 10.3 Å². The largest absolute Gasteiger partial charge is 0.464 e. The zero-order chi connectivity index (χ0) is 15.4. The SMILES string of the molecule is Cc1coc2cc(N=C3C[C@@]4(CN5CCC4CC5)ON3)ccc12. The minimum atomic E-state index is -0.0687. The molecule has 2 aromatic rings. The molecule has 0 radical (unpaired) electrons. The molecule has 0 unspecified atom stereocenters. The maximum atomic E-state index is 6.05. The molecule has 4 aliphatic heterocycles. The minimum absolute atomic E-state index is 0.0687. The molecule has 4 saturated heterocycles. The third-order valence-electron chi connectivity index (χ3n) is 5.68. The Morgan fingerprint density at radius 3 is 2.96 bits per heavy atom. The van der Waals surface area contributed by atoms with Gasteiger partial charge >= 0.3 is 0 Å². The van der Waals surface area contributed by atoms with E-state index in [1.807, 2.05) is 12.1 Å². The molecular formula is C18H21N3O2. The van der Waals surface area contributed by atoms with Crippen molar-refractivity contribution in [2.45, 2.75) is 31.8 Å². The van der Waals surface area contributed by atoms with Crippen LogP contribution >= 0.6 is 0 Å². The van der Waals surface area contributed by atoms with Gasteiger partial charge < -0.3 is 9.32 Å². The summed E-state index contributed by atoms with van der Waals surface area (Å²) >= 11 is 0. The van der Waals surface area contributed by atoms with Gasteiger partial charge in [0, 0.05) is 24.4 Å². The van der Waals surface area contributed by atoms with Gasteiger partial charge in [0.25, 0.3) is 0 Å². The summed E-state index contributed by atoms with van der Waals surface area (Å²) in [6.07, 6.45) is 5.16. The third kappa shape index (κ3) is 2.11. The summed E-state index contributed by atoms with van der Waals surface area (Å²) in [5.41, 5.74) is 5.99. The Kier molecular flexibility index (Phi) is 2.85. The van der Waals surface area contributed by atoms with Crippen LogP contribution in [0, 0.1) is 12.8 Å². The zero-order valence-electron chi connectivity index (χ0n) is 13.3. The second-order valence-electron chi connectivity index (χ2n) is 7.15. The number of nitrogens with zero attached hydrogens (tertiary/aromatic N) is 2. The number of aryl methyl sites for hydroxylation is 1. The second-order valence-corrected chi connectivity index (χ2v) is 7.15. The van der Waals surface area contributed by atoms with Gasteiger partial charge in [0.05, 0.1) is 12.0 Å². The van der Waals surface area contributed by atoms with E-state index in [0.717, 1.165) is 41.0 Å². The maximum Gasteiger partial charge on any atom is 0.136 e. The van der Waals surface area contributed by atoms with Crippen LogP contribution in [0.1, 0.15) is 24.8 Å². The van der Waals surface area contributed by atoms with Crippen molar-refractivity contribution in [1.29, 1.82) is 0 Å². The lowest BCUT2D eigenvalue weighted by Crippen LogP contribution is -2.59. The molecule has 5 heterocycles. The average molecular weight is 311 g/mol. The van der Waals surface area contributed by atoms with Gasteiger partial charge in [0.1, 0.15) is 17.0 Å². The summed E-state index contributed by atoms with van der Waals surface area (Å²) in [5, 5.41) is 1.15. The first kappa shape index (κ1) is 13.6. The van der Waals surface area contributed by atoms with Crippen molar-refractivity contribution in [3.63, 3.8) is 0 Å². The highest BCUT2D eigenvalue weighted by Crippen LogP contribution is 2.42. The molecule has 5 nitrogen and oxygen atoms in total. The first-order chi connectivity index (χ1) is 11.2. The molecule has 2 bridgehead atoms. The molecule has 1 aromatic carbocycles. The van der Waals surface area contributed by atoms with Crippen molar-refractivity contribution in [2.24, 2.45) is 10.9 Å². The molecule has 4 aliphatic rings. The summed E-state index contributed by atoms with van der Waals surface area (Å²) in [7, 11) is 0. The molecule has 5 heteroatoms. The van der Waals surface area contributed by atoms with Crippen LogP contribution in [0.4, 0.5) is 5.69 Å². The molecule has 0 saturated carbocycles. The van der Waals surface area contributed by atoms with Gasteiger partial charge in [-0.25, -0.2) is 4.99 Å². The second kappa shape index (κ2) is 4.82. The third-order valence-corrected chi connectivity index (χ3v) is 5.68. The van der Waals surface area contributed by atoms with Crippen molar-refractivity contribution in [2.75, 3.05) is 19.6 Å². The summed E-state index contributed by atoms with van der Waals surface area (Å²) < 4.78 is 5.58. The van der Waals surface area contributed by atoms with E-state index in [-0.39, 0.29) is 5.60 Å². The van der Waals surface area contributed by atoms with Gasteiger partial charge in [0.2, 0.25) is 0 Å². The van der Waals surface area contributed by atoms with Gasteiger partial charge in [-0.15, -0.1) is 0 Å². The Morgan fingerprint density at radius 2 is 2.17 bits per heavy atom. The smallest absolute Gasteiger partial charge is 0.136 e. The van der Waals surface area contributed by atoms with Crippen molar-refractivity contribution >= 4 is 22.5 Å². The predicted octanol–water partition coefficient (Wildman–Crippen LogP) is 3.16. The quantitative estimate of drug-likeness (QED) is 0.879. The number of hydrogen-bond acceptors (Lipinski definition) is 4. The van der Waals surface area contributed by atoms with E-state index in [0.29, 0.717) is 5.92 Å². The molecule has 1 aromatic heterocycles. The Labute approximate surface area is 135 Å². The summed E-state index contributed by atoms with van der Waals surface area (Å²) in [4.78, 5) is 13.3. The molecule has 1 atom stereocenters. The van der Waals surface area contributed by atoms with Crippen LogP contribution < -0.4 is 5.48 Å². The normalized spacial score (nSPS) is 34.6. The van der Waals surface area contributed by atoms with Crippen LogP contribution in [0.25, 0.3) is 11.0 Å². The fourth-order valence-electron chi connectivity index (χ4n) is 4.39. The standard InChI is InChI=1S/C18H21N3O2/c1-12-10-22-16-8-14(2-3-15(12)16)19-17-9-18(23-20-17)11-21-6-4-13(18)5-7-21/h2-3,8,10,13H,4-7,9,11H2,1H3,(H,19,20)/t18-/m0/s1. The lowest BCUT2D eigenvalue weighted by molar-refractivity contribution is -0.150. The number of hydrogen-bond donors (Lipinski definition) is 1. The van der Waals surface area contributed by atoms with Crippen LogP contribution in [0.15, 0.2) is 33.9 Å². The molecule has 1 spiro atoms. The Morgan fingerprint density at radius 1 is 1.30 bits per heavy atom. The van der Waals surface area contributed by atoms with E-state index in [1.165, 1.54) is 25.9 Å². The fourth-order valence-corrected chi connectivity index (χ4v) is 4.39. The lowest BCUT2D eigenvalue weighted by atomic mass is 9.74. The zero-order valence-corrected chi connectivity index (χ0v) is 13.3. The number of piperidine rings is 3. The van der Waals surface area contributed by atoms with E-state index in [4.69, 9.17) is 14.2 Å². The van der Waals surface area contributed by atoms with Crippen molar-refractivity contribution < 1.29 is 9.25 Å². The summed E-state index contributed by atoms with van der Waals surface area (Å²) in [6.45, 7) is 5.52. The van der Waals surface area contributed by atoms with Crippen molar-refractivity contribution in [1.82, 2.24) is 10.4 Å². The number of nitrogens with one attached hydrogen (secondary N) is 1. The molecule has 23 heavy (non-hydrogen) atoms. The molecule has 6 rings (SSSR count). The monoisotopic (exact) mass is 311 g/mol. The fraction of sp³-hybridized carbons (Fsp3) is 0.500. The highest BCUT2D eigenvalue weighted by Gasteiger charge is 2.52. The molecule has 0 aliphatic carbocycles. The Hall–Kier alpha value is -1.85. The molecule has 0 amide bonds. The number of furan rings is 1. The van der Waals surface area contributed by atoms with Crippen LogP contribution in [-0.2, 0) is 4.84 Å². The number of amidine groups is 1. The molecule has 4 fully saturated rings. The van der Waals surface area contributed by atoms with E-state index < -0.39 is 0 Å². The number of aliphatic imine (C=N–C) groups is 1. The highest BCUT2D eigenvalue weighted by atomic mass is 16.7. The first-order valence-corrected chi connectivity index (χ1v) is 8.44. The molecule has 120 valence electrons. The van der Waals surface area contributed by atoms with Crippen molar-refractivity contribution in [3.05, 3.63) is 30.0 Å². The topological polar surface area (TPSA) is 50.0 Å².